The van der Waals surface area contributed by atoms with Gasteiger partial charge in [-0.1, -0.05) is 0 Å². The third-order valence-corrected chi connectivity index (χ3v) is 3.70. The summed E-state index contributed by atoms with van der Waals surface area (Å²) in [6.45, 7) is 1.29. The molecular weight excluding hydrogens is 242 g/mol. The first-order chi connectivity index (χ1) is 7.90. The Labute approximate surface area is 100 Å². The van der Waals surface area contributed by atoms with Crippen LogP contribution < -0.4 is 15.2 Å². The van der Waals surface area contributed by atoms with Crippen molar-refractivity contribution in [3.8, 4) is 11.8 Å². The lowest BCUT2D eigenvalue weighted by Gasteiger charge is -2.12. The fourth-order valence-corrected chi connectivity index (χ4v) is 1.88. The summed E-state index contributed by atoms with van der Waals surface area (Å²) in [5, 5.41) is 7.43. The quantitative estimate of drug-likeness (QED) is 0.778. The largest absolute Gasteiger partial charge is 0.497 e. The van der Waals surface area contributed by atoms with Gasteiger partial charge in [0, 0.05) is 6.07 Å². The van der Waals surface area contributed by atoms with Crippen molar-refractivity contribution >= 4 is 21.4 Å². The van der Waals surface area contributed by atoms with Gasteiger partial charge in [-0.2, -0.15) is 5.26 Å². The highest BCUT2D eigenvalue weighted by Crippen LogP contribution is 2.25. The number of nitrogens with one attached hydrogen (secondary N) is 1. The van der Waals surface area contributed by atoms with E-state index in [1.807, 2.05) is 0 Å². The molecule has 0 aliphatic carbocycles. The second-order valence-corrected chi connectivity index (χ2v) is 5.37. The lowest BCUT2D eigenvalue weighted by Crippen LogP contribution is -2.24. The molecule has 0 aromatic heterocycles. The van der Waals surface area contributed by atoms with E-state index < -0.39 is 15.3 Å². The predicted molar refractivity (Wildman–Crippen MR) is 65.0 cm³/mol. The molecule has 0 aliphatic rings. The summed E-state index contributed by atoms with van der Waals surface area (Å²) < 4.78 is 30.4. The summed E-state index contributed by atoms with van der Waals surface area (Å²) >= 11 is 0. The number of anilines is 2. The van der Waals surface area contributed by atoms with E-state index in [4.69, 9.17) is 15.7 Å². The standard InChI is InChI=1S/C10H13N3O3S/c1-7(6-11)17(14,15)13-10-4-3-8(16-2)5-9(10)12/h3-5,7,13H,12H2,1-2H3. The number of methoxy groups -OCH3 is 1. The van der Waals surface area contributed by atoms with Gasteiger partial charge in [-0.25, -0.2) is 8.42 Å². The van der Waals surface area contributed by atoms with Crippen LogP contribution in [-0.2, 0) is 10.0 Å². The Kier molecular flexibility index (Phi) is 3.81. The third-order valence-electron chi connectivity index (χ3n) is 2.16. The number of hydrogen-bond donors (Lipinski definition) is 2. The average Bonchev–Trinajstić information content (AvgIpc) is 2.30. The van der Waals surface area contributed by atoms with Crippen LogP contribution in [0.25, 0.3) is 0 Å². The van der Waals surface area contributed by atoms with Crippen molar-refractivity contribution in [2.45, 2.75) is 12.2 Å². The Hall–Kier alpha value is -1.94. The van der Waals surface area contributed by atoms with E-state index in [1.165, 1.54) is 26.2 Å². The third kappa shape index (κ3) is 3.01. The summed E-state index contributed by atoms with van der Waals surface area (Å²) in [5.74, 6) is 0.527. The topological polar surface area (TPSA) is 105 Å². The van der Waals surface area contributed by atoms with Crippen LogP contribution >= 0.6 is 0 Å². The molecule has 92 valence electrons. The number of rotatable bonds is 4. The van der Waals surface area contributed by atoms with Crippen molar-refractivity contribution in [2.24, 2.45) is 0 Å². The molecule has 0 amide bonds. The molecule has 1 aromatic carbocycles. The monoisotopic (exact) mass is 255 g/mol. The summed E-state index contributed by atoms with van der Waals surface area (Å²) in [6, 6.07) is 6.20. The number of hydrogen-bond acceptors (Lipinski definition) is 5. The Morgan fingerprint density at radius 1 is 1.53 bits per heavy atom. The van der Waals surface area contributed by atoms with Crippen LogP contribution in [0.2, 0.25) is 0 Å². The Bertz CT molecular complexity index is 548. The first-order valence-electron chi connectivity index (χ1n) is 4.75. The highest BCUT2D eigenvalue weighted by Gasteiger charge is 2.20. The van der Waals surface area contributed by atoms with E-state index in [9.17, 15) is 8.42 Å². The SMILES string of the molecule is COc1ccc(NS(=O)(=O)C(C)C#N)c(N)c1. The highest BCUT2D eigenvalue weighted by atomic mass is 32.2. The van der Waals surface area contributed by atoms with Crippen LogP contribution in [0.3, 0.4) is 0 Å². The summed E-state index contributed by atoms with van der Waals surface area (Å²) in [4.78, 5) is 0. The fourth-order valence-electron chi connectivity index (χ4n) is 1.07. The number of nitriles is 1. The maximum Gasteiger partial charge on any atom is 0.248 e. The lowest BCUT2D eigenvalue weighted by molar-refractivity contribution is 0.415. The van der Waals surface area contributed by atoms with E-state index >= 15 is 0 Å². The van der Waals surface area contributed by atoms with E-state index in [1.54, 1.807) is 12.1 Å². The van der Waals surface area contributed by atoms with Crippen LogP contribution in [0.4, 0.5) is 11.4 Å². The normalized spacial score (nSPS) is 12.5. The molecule has 0 saturated carbocycles. The van der Waals surface area contributed by atoms with Crippen molar-refractivity contribution in [3.05, 3.63) is 18.2 Å². The van der Waals surface area contributed by atoms with Gasteiger partial charge in [-0.05, 0) is 19.1 Å². The van der Waals surface area contributed by atoms with Crippen molar-refractivity contribution in [3.63, 3.8) is 0 Å². The van der Waals surface area contributed by atoms with Crippen LogP contribution in [0.1, 0.15) is 6.92 Å². The summed E-state index contributed by atoms with van der Waals surface area (Å²) in [6.07, 6.45) is 0. The predicted octanol–water partition coefficient (Wildman–Crippen LogP) is 0.931. The van der Waals surface area contributed by atoms with Gasteiger partial charge < -0.3 is 10.5 Å². The van der Waals surface area contributed by atoms with Gasteiger partial charge in [0.05, 0.1) is 24.6 Å². The second kappa shape index (κ2) is 4.93. The number of nitrogens with two attached hydrogens (primary N) is 1. The first kappa shape index (κ1) is 13.1. The molecule has 17 heavy (non-hydrogen) atoms. The Morgan fingerprint density at radius 3 is 2.65 bits per heavy atom. The second-order valence-electron chi connectivity index (χ2n) is 3.37. The van der Waals surface area contributed by atoms with E-state index in [2.05, 4.69) is 4.72 Å². The van der Waals surface area contributed by atoms with Gasteiger partial charge in [0.2, 0.25) is 10.0 Å². The molecule has 0 aliphatic heterocycles. The molecule has 1 unspecified atom stereocenters. The van der Waals surface area contributed by atoms with Crippen molar-refractivity contribution in [1.29, 1.82) is 5.26 Å². The summed E-state index contributed by atoms with van der Waals surface area (Å²) in [7, 11) is -2.25. The van der Waals surface area contributed by atoms with Crippen molar-refractivity contribution in [2.75, 3.05) is 17.6 Å². The van der Waals surface area contributed by atoms with Gasteiger partial charge in [-0.3, -0.25) is 4.72 Å². The van der Waals surface area contributed by atoms with Crippen molar-refractivity contribution < 1.29 is 13.2 Å². The molecule has 6 nitrogen and oxygen atoms in total. The highest BCUT2D eigenvalue weighted by molar-refractivity contribution is 7.93. The zero-order chi connectivity index (χ0) is 13.1. The molecular formula is C10H13N3O3S. The number of benzene rings is 1. The number of nitrogens with zero attached hydrogens (tertiary/aromatic N) is 1. The van der Waals surface area contributed by atoms with E-state index in [0.717, 1.165) is 0 Å². The molecule has 0 radical (unpaired) electrons. The molecule has 7 heteroatoms. The van der Waals surface area contributed by atoms with Crippen LogP contribution in [0, 0.1) is 11.3 Å². The van der Waals surface area contributed by atoms with E-state index in [-0.39, 0.29) is 11.4 Å². The van der Waals surface area contributed by atoms with Crippen molar-refractivity contribution in [1.82, 2.24) is 0 Å². The van der Waals surface area contributed by atoms with Crippen LogP contribution in [0.5, 0.6) is 5.75 Å². The fraction of sp³-hybridized carbons (Fsp3) is 0.300. The number of sulfonamides is 1. The first-order valence-corrected chi connectivity index (χ1v) is 6.30. The molecule has 3 N–H and O–H groups in total. The minimum absolute atomic E-state index is 0.230. The smallest absolute Gasteiger partial charge is 0.248 e. The van der Waals surface area contributed by atoms with Crippen LogP contribution in [0.15, 0.2) is 18.2 Å². The maximum atomic E-state index is 11.6. The molecule has 0 bridgehead atoms. The van der Waals surface area contributed by atoms with Gasteiger partial charge >= 0.3 is 0 Å². The number of nitrogen functional groups attached to an aromatic ring is 1. The molecule has 1 aromatic rings. The Balaban J connectivity index is 3.02. The lowest BCUT2D eigenvalue weighted by atomic mass is 10.2. The summed E-state index contributed by atoms with van der Waals surface area (Å²) in [5.41, 5.74) is 6.12. The maximum absolute atomic E-state index is 11.6. The minimum atomic E-state index is -3.74. The zero-order valence-electron chi connectivity index (χ0n) is 9.47. The molecule has 0 saturated heterocycles. The van der Waals surface area contributed by atoms with Crippen LogP contribution in [-0.4, -0.2) is 20.8 Å². The molecule has 1 rings (SSSR count). The van der Waals surface area contributed by atoms with Gasteiger partial charge in [0.15, 0.2) is 5.25 Å². The molecule has 0 fully saturated rings. The molecule has 1 atom stereocenters. The average molecular weight is 255 g/mol. The molecule has 0 spiro atoms. The number of ether oxygens (including phenoxy) is 1. The van der Waals surface area contributed by atoms with Gasteiger partial charge in [0.1, 0.15) is 5.75 Å². The van der Waals surface area contributed by atoms with E-state index in [0.29, 0.717) is 5.75 Å². The Morgan fingerprint density at radius 2 is 2.18 bits per heavy atom. The van der Waals surface area contributed by atoms with Gasteiger partial charge in [0.25, 0.3) is 0 Å². The van der Waals surface area contributed by atoms with Gasteiger partial charge in [-0.15, -0.1) is 0 Å². The zero-order valence-corrected chi connectivity index (χ0v) is 10.3. The molecule has 0 heterocycles. The minimum Gasteiger partial charge on any atom is -0.497 e.